The number of hydrogen-bond acceptors (Lipinski definition) is 5. The molecule has 166 valence electrons. The van der Waals surface area contributed by atoms with Gasteiger partial charge in [-0.2, -0.15) is 0 Å². The molecular weight excluding hydrogens is 397 g/mol. The predicted octanol–water partition coefficient (Wildman–Crippen LogP) is 3.57. The molecular formula is C24H30FN3O3. The lowest BCUT2D eigenvalue weighted by molar-refractivity contribution is -0.114. The molecule has 1 fully saturated rings. The largest absolute Gasteiger partial charge is 0.497 e. The molecule has 0 unspecified atom stereocenters. The number of piperazine rings is 1. The van der Waals surface area contributed by atoms with Gasteiger partial charge in [0.15, 0.2) is 5.78 Å². The molecule has 1 heterocycles. The second-order valence-electron chi connectivity index (χ2n) is 7.86. The molecule has 7 heteroatoms. The maximum Gasteiger partial charge on any atom is 0.221 e. The maximum atomic E-state index is 13.5. The molecule has 1 aliphatic heterocycles. The number of nitrogens with one attached hydrogen (secondary N) is 1. The zero-order valence-electron chi connectivity index (χ0n) is 18.2. The van der Waals surface area contributed by atoms with Gasteiger partial charge in [-0.1, -0.05) is 12.1 Å². The van der Waals surface area contributed by atoms with Crippen LogP contribution in [0.25, 0.3) is 0 Å². The lowest BCUT2D eigenvalue weighted by atomic mass is 10.0. The van der Waals surface area contributed by atoms with Crippen LogP contribution in [-0.4, -0.2) is 61.3 Å². The maximum absolute atomic E-state index is 13.5. The monoisotopic (exact) mass is 427 g/mol. The van der Waals surface area contributed by atoms with Crippen molar-refractivity contribution in [3.8, 4) is 5.75 Å². The molecule has 0 spiro atoms. The van der Waals surface area contributed by atoms with Crippen molar-refractivity contribution in [3.05, 3.63) is 59.4 Å². The van der Waals surface area contributed by atoms with Crippen LogP contribution in [0.1, 0.15) is 35.7 Å². The number of carbonyl (C=O) groups is 2. The standard InChI is InChI=1S/C24H30FN3O3/c1-18(29)26-23-16-20(25)7-10-22(23)24(30)4-3-11-27-12-14-28(15-13-27)17-19-5-8-21(31-2)9-6-19/h5-10,16H,3-4,11-15,17H2,1-2H3,(H,26,29). The van der Waals surface area contributed by atoms with Gasteiger partial charge in [-0.25, -0.2) is 4.39 Å². The summed E-state index contributed by atoms with van der Waals surface area (Å²) in [7, 11) is 1.67. The van der Waals surface area contributed by atoms with Crippen molar-refractivity contribution >= 4 is 17.4 Å². The Morgan fingerprint density at radius 2 is 1.71 bits per heavy atom. The highest BCUT2D eigenvalue weighted by atomic mass is 19.1. The first kappa shape index (κ1) is 22.9. The third-order valence-electron chi connectivity index (χ3n) is 5.50. The van der Waals surface area contributed by atoms with Gasteiger partial charge in [0.1, 0.15) is 11.6 Å². The molecule has 0 aromatic heterocycles. The predicted molar refractivity (Wildman–Crippen MR) is 119 cm³/mol. The second-order valence-corrected chi connectivity index (χ2v) is 7.86. The Labute approximate surface area is 183 Å². The van der Waals surface area contributed by atoms with Gasteiger partial charge in [0.05, 0.1) is 12.8 Å². The summed E-state index contributed by atoms with van der Waals surface area (Å²) in [6.45, 7) is 7.03. The van der Waals surface area contributed by atoms with Gasteiger partial charge in [-0.15, -0.1) is 0 Å². The summed E-state index contributed by atoms with van der Waals surface area (Å²) in [5, 5.41) is 2.54. The number of anilines is 1. The summed E-state index contributed by atoms with van der Waals surface area (Å²) in [4.78, 5) is 28.7. The van der Waals surface area contributed by atoms with Crippen LogP contribution in [-0.2, 0) is 11.3 Å². The second kappa shape index (κ2) is 11.0. The molecule has 0 aliphatic carbocycles. The summed E-state index contributed by atoms with van der Waals surface area (Å²) in [5.74, 6) is -0.0187. The van der Waals surface area contributed by atoms with Crippen LogP contribution >= 0.6 is 0 Å². The highest BCUT2D eigenvalue weighted by Gasteiger charge is 2.18. The van der Waals surface area contributed by atoms with Crippen LogP contribution < -0.4 is 10.1 Å². The molecule has 1 N–H and O–H groups in total. The zero-order chi connectivity index (χ0) is 22.2. The summed E-state index contributed by atoms with van der Waals surface area (Å²) in [6.07, 6.45) is 1.10. The topological polar surface area (TPSA) is 61.9 Å². The van der Waals surface area contributed by atoms with Crippen molar-refractivity contribution in [1.29, 1.82) is 0 Å². The van der Waals surface area contributed by atoms with Crippen molar-refractivity contribution < 1.29 is 18.7 Å². The number of Topliss-reactive ketones (excluding diaryl/α,β-unsaturated/α-hetero) is 1. The molecule has 0 atom stereocenters. The number of nitrogens with zero attached hydrogens (tertiary/aromatic N) is 2. The molecule has 0 saturated carbocycles. The smallest absolute Gasteiger partial charge is 0.221 e. The van der Waals surface area contributed by atoms with Crippen molar-refractivity contribution in [1.82, 2.24) is 9.80 Å². The van der Waals surface area contributed by atoms with Gasteiger partial charge < -0.3 is 15.0 Å². The first-order chi connectivity index (χ1) is 14.9. The number of rotatable bonds is 9. The Morgan fingerprint density at radius 3 is 2.35 bits per heavy atom. The van der Waals surface area contributed by atoms with E-state index < -0.39 is 5.82 Å². The van der Waals surface area contributed by atoms with E-state index in [9.17, 15) is 14.0 Å². The number of hydrogen-bond donors (Lipinski definition) is 1. The lowest BCUT2D eigenvalue weighted by Gasteiger charge is -2.34. The Bertz CT molecular complexity index is 893. The Kier molecular flexibility index (Phi) is 8.14. The van der Waals surface area contributed by atoms with E-state index in [1.54, 1.807) is 7.11 Å². The molecule has 2 aromatic rings. The van der Waals surface area contributed by atoms with E-state index in [1.165, 1.54) is 30.7 Å². The van der Waals surface area contributed by atoms with E-state index >= 15 is 0 Å². The first-order valence-electron chi connectivity index (χ1n) is 10.6. The summed E-state index contributed by atoms with van der Waals surface area (Å²) < 4.78 is 18.7. The number of carbonyl (C=O) groups excluding carboxylic acids is 2. The van der Waals surface area contributed by atoms with E-state index in [0.29, 0.717) is 12.0 Å². The summed E-state index contributed by atoms with van der Waals surface area (Å²) >= 11 is 0. The number of benzene rings is 2. The van der Waals surface area contributed by atoms with Crippen molar-refractivity contribution in [2.45, 2.75) is 26.3 Å². The average Bonchev–Trinajstić information content (AvgIpc) is 2.75. The fraction of sp³-hybridized carbons (Fsp3) is 0.417. The van der Waals surface area contributed by atoms with Gasteiger partial charge in [0.2, 0.25) is 5.91 Å². The molecule has 1 saturated heterocycles. The van der Waals surface area contributed by atoms with Crippen LogP contribution in [0.5, 0.6) is 5.75 Å². The van der Waals surface area contributed by atoms with Crippen molar-refractivity contribution in [2.75, 3.05) is 45.2 Å². The first-order valence-corrected chi connectivity index (χ1v) is 10.6. The number of ether oxygens (including phenoxy) is 1. The zero-order valence-corrected chi connectivity index (χ0v) is 18.2. The van der Waals surface area contributed by atoms with Crippen LogP contribution in [0.4, 0.5) is 10.1 Å². The van der Waals surface area contributed by atoms with Gasteiger partial charge in [-0.3, -0.25) is 14.5 Å². The normalized spacial score (nSPS) is 14.9. The third kappa shape index (κ3) is 6.87. The Balaban J connectivity index is 1.42. The van der Waals surface area contributed by atoms with Crippen LogP contribution in [0, 0.1) is 5.82 Å². The fourth-order valence-corrected chi connectivity index (χ4v) is 3.81. The summed E-state index contributed by atoms with van der Waals surface area (Å²) in [6, 6.07) is 12.1. The lowest BCUT2D eigenvalue weighted by Crippen LogP contribution is -2.46. The quantitative estimate of drug-likeness (QED) is 0.620. The van der Waals surface area contributed by atoms with Gasteiger partial charge >= 0.3 is 0 Å². The number of halogens is 1. The number of ketones is 1. The van der Waals surface area contributed by atoms with Gasteiger partial charge in [0.25, 0.3) is 0 Å². The number of methoxy groups -OCH3 is 1. The Hall–Kier alpha value is -2.77. The highest BCUT2D eigenvalue weighted by molar-refractivity contribution is 6.04. The molecule has 0 bridgehead atoms. The van der Waals surface area contributed by atoms with Crippen LogP contribution in [0.15, 0.2) is 42.5 Å². The number of amides is 1. The SMILES string of the molecule is COc1ccc(CN2CCN(CCCC(=O)c3ccc(F)cc3NC(C)=O)CC2)cc1. The molecule has 0 radical (unpaired) electrons. The van der Waals surface area contributed by atoms with E-state index in [1.807, 2.05) is 12.1 Å². The van der Waals surface area contributed by atoms with E-state index in [-0.39, 0.29) is 17.4 Å². The van der Waals surface area contributed by atoms with Gasteiger partial charge in [-0.05, 0) is 48.9 Å². The molecule has 6 nitrogen and oxygen atoms in total. The minimum atomic E-state index is -0.479. The summed E-state index contributed by atoms with van der Waals surface area (Å²) in [5.41, 5.74) is 1.87. The third-order valence-corrected chi connectivity index (χ3v) is 5.50. The Morgan fingerprint density at radius 1 is 1.03 bits per heavy atom. The fourth-order valence-electron chi connectivity index (χ4n) is 3.81. The van der Waals surface area contributed by atoms with E-state index in [4.69, 9.17) is 4.74 Å². The molecule has 1 aliphatic rings. The molecule has 3 rings (SSSR count). The molecule has 2 aromatic carbocycles. The molecule has 1 amide bonds. The van der Waals surface area contributed by atoms with Crippen LogP contribution in [0.3, 0.4) is 0 Å². The minimum absolute atomic E-state index is 0.0816. The average molecular weight is 428 g/mol. The van der Waals surface area contributed by atoms with E-state index in [0.717, 1.165) is 51.4 Å². The minimum Gasteiger partial charge on any atom is -0.497 e. The van der Waals surface area contributed by atoms with Crippen molar-refractivity contribution in [3.63, 3.8) is 0 Å². The molecule has 31 heavy (non-hydrogen) atoms. The van der Waals surface area contributed by atoms with Crippen molar-refractivity contribution in [2.24, 2.45) is 0 Å². The van der Waals surface area contributed by atoms with Gasteiger partial charge in [0, 0.05) is 51.6 Å². The van der Waals surface area contributed by atoms with Crippen LogP contribution in [0.2, 0.25) is 0 Å². The van der Waals surface area contributed by atoms with E-state index in [2.05, 4.69) is 27.2 Å². The highest BCUT2D eigenvalue weighted by Crippen LogP contribution is 2.20.